The van der Waals surface area contributed by atoms with E-state index in [0.717, 1.165) is 74.3 Å². The van der Waals surface area contributed by atoms with Crippen molar-refractivity contribution in [3.63, 3.8) is 0 Å². The van der Waals surface area contributed by atoms with Crippen LogP contribution in [-0.4, -0.2) is 47.0 Å². The van der Waals surface area contributed by atoms with Crippen LogP contribution in [-0.2, 0) is 16.8 Å². The second-order valence-corrected chi connectivity index (χ2v) is 9.08. The van der Waals surface area contributed by atoms with E-state index in [0.29, 0.717) is 5.91 Å². The summed E-state index contributed by atoms with van der Waals surface area (Å²) in [4.78, 5) is 18.1. The zero-order chi connectivity index (χ0) is 19.7. The van der Waals surface area contributed by atoms with E-state index >= 15 is 0 Å². The maximum Gasteiger partial charge on any atom is 0.233 e. The number of carbonyl (C=O) groups excluding carboxylic acids is 1. The van der Waals surface area contributed by atoms with Crippen LogP contribution in [0.2, 0.25) is 0 Å². The second-order valence-electron chi connectivity index (χ2n) is 8.17. The topological polar surface area (TPSA) is 49.6 Å². The molecule has 1 aromatic carbocycles. The fourth-order valence-corrected chi connectivity index (χ4v) is 5.00. The van der Waals surface area contributed by atoms with E-state index in [9.17, 15) is 4.79 Å². The molecule has 1 saturated carbocycles. The predicted molar refractivity (Wildman–Crippen MR) is 112 cm³/mol. The van der Waals surface area contributed by atoms with Gasteiger partial charge in [0, 0.05) is 42.8 Å². The van der Waals surface area contributed by atoms with Crippen molar-refractivity contribution in [2.45, 2.75) is 51.5 Å². The van der Waals surface area contributed by atoms with Crippen LogP contribution in [0.3, 0.4) is 0 Å². The first-order valence-electron chi connectivity index (χ1n) is 10.2. The third-order valence-corrected chi connectivity index (χ3v) is 7.01. The summed E-state index contributed by atoms with van der Waals surface area (Å²) in [6.07, 6.45) is 4.20. The summed E-state index contributed by atoms with van der Waals surface area (Å²) in [5.74, 6) is 1.22. The average molecular weight is 446 g/mol. The minimum absolute atomic E-state index is 0.323. The number of rotatable bonds is 4. The Hall–Kier alpha value is -1.66. The zero-order valence-corrected chi connectivity index (χ0v) is 18.3. The van der Waals surface area contributed by atoms with E-state index < -0.39 is 0 Å². The standard InChI is InChI=1S/C22H28BrN3O2/c1-16-20(17(2)28-24-16)15-25-11-13-26(14-12-25)21(27)22(9-3-4-10-22)18-5-7-19(23)8-6-18/h5-8H,3-4,9-15H2,1-2H3. The van der Waals surface area contributed by atoms with Gasteiger partial charge in [-0.15, -0.1) is 0 Å². The fraction of sp³-hybridized carbons (Fsp3) is 0.545. The van der Waals surface area contributed by atoms with Crippen molar-refractivity contribution in [2.75, 3.05) is 26.2 Å². The highest BCUT2D eigenvalue weighted by Gasteiger charge is 2.45. The third kappa shape index (κ3) is 3.64. The molecule has 2 aromatic rings. The largest absolute Gasteiger partial charge is 0.361 e. The molecule has 2 fully saturated rings. The molecule has 1 aromatic heterocycles. The smallest absolute Gasteiger partial charge is 0.233 e. The van der Waals surface area contributed by atoms with Gasteiger partial charge >= 0.3 is 0 Å². The Morgan fingerprint density at radius 1 is 1.11 bits per heavy atom. The number of benzene rings is 1. The molecule has 1 aliphatic heterocycles. The molecular weight excluding hydrogens is 418 g/mol. The maximum absolute atomic E-state index is 13.6. The van der Waals surface area contributed by atoms with Crippen molar-refractivity contribution in [1.29, 1.82) is 0 Å². The highest BCUT2D eigenvalue weighted by atomic mass is 79.9. The molecule has 0 bridgehead atoms. The summed E-state index contributed by atoms with van der Waals surface area (Å²) in [5, 5.41) is 4.06. The van der Waals surface area contributed by atoms with Gasteiger partial charge in [-0.05, 0) is 44.4 Å². The van der Waals surface area contributed by atoms with Gasteiger partial charge < -0.3 is 9.42 Å². The first kappa shape index (κ1) is 19.6. The lowest BCUT2D eigenvalue weighted by molar-refractivity contribution is -0.139. The van der Waals surface area contributed by atoms with Gasteiger partial charge in [0.25, 0.3) is 0 Å². The lowest BCUT2D eigenvalue weighted by Crippen LogP contribution is -2.53. The van der Waals surface area contributed by atoms with Crippen molar-refractivity contribution in [2.24, 2.45) is 0 Å². The van der Waals surface area contributed by atoms with Gasteiger partial charge in [0.05, 0.1) is 11.1 Å². The van der Waals surface area contributed by atoms with Gasteiger partial charge in [0.2, 0.25) is 5.91 Å². The van der Waals surface area contributed by atoms with E-state index in [4.69, 9.17) is 4.52 Å². The van der Waals surface area contributed by atoms with Gasteiger partial charge in [-0.2, -0.15) is 0 Å². The van der Waals surface area contributed by atoms with Crippen molar-refractivity contribution < 1.29 is 9.32 Å². The van der Waals surface area contributed by atoms with E-state index in [1.807, 2.05) is 13.8 Å². The third-order valence-electron chi connectivity index (χ3n) is 6.49. The molecule has 0 radical (unpaired) electrons. The number of carbonyl (C=O) groups is 1. The SMILES string of the molecule is Cc1noc(C)c1CN1CCN(C(=O)C2(c3ccc(Br)cc3)CCCC2)CC1. The van der Waals surface area contributed by atoms with Crippen LogP contribution in [0.4, 0.5) is 0 Å². The van der Waals surface area contributed by atoms with Crippen molar-refractivity contribution in [3.05, 3.63) is 51.3 Å². The molecule has 150 valence electrons. The lowest BCUT2D eigenvalue weighted by atomic mass is 9.77. The van der Waals surface area contributed by atoms with Crippen LogP contribution < -0.4 is 0 Å². The normalized spacial score (nSPS) is 19.9. The monoisotopic (exact) mass is 445 g/mol. The molecule has 0 N–H and O–H groups in total. The summed E-state index contributed by atoms with van der Waals surface area (Å²) in [7, 11) is 0. The number of piperazine rings is 1. The molecule has 6 heteroatoms. The molecule has 1 aliphatic carbocycles. The van der Waals surface area contributed by atoms with Gasteiger partial charge in [-0.1, -0.05) is 46.1 Å². The minimum Gasteiger partial charge on any atom is -0.361 e. The quantitative estimate of drug-likeness (QED) is 0.706. The van der Waals surface area contributed by atoms with Crippen LogP contribution in [0.25, 0.3) is 0 Å². The molecule has 2 aliphatic rings. The Morgan fingerprint density at radius 3 is 2.32 bits per heavy atom. The number of aromatic nitrogens is 1. The second kappa shape index (κ2) is 7.99. The summed E-state index contributed by atoms with van der Waals surface area (Å²) in [5.41, 5.74) is 3.00. The average Bonchev–Trinajstić information content (AvgIpc) is 3.32. The molecule has 0 unspecified atom stereocenters. The summed E-state index contributed by atoms with van der Waals surface area (Å²) in [6, 6.07) is 8.37. The van der Waals surface area contributed by atoms with E-state index in [1.165, 1.54) is 11.1 Å². The summed E-state index contributed by atoms with van der Waals surface area (Å²) >= 11 is 3.51. The molecule has 4 rings (SSSR count). The highest BCUT2D eigenvalue weighted by molar-refractivity contribution is 9.10. The number of hydrogen-bond acceptors (Lipinski definition) is 4. The molecule has 1 amide bonds. The van der Waals surface area contributed by atoms with Gasteiger partial charge in [0.15, 0.2) is 0 Å². The van der Waals surface area contributed by atoms with Crippen molar-refractivity contribution in [1.82, 2.24) is 15.0 Å². The molecule has 2 heterocycles. The Morgan fingerprint density at radius 2 is 1.75 bits per heavy atom. The van der Waals surface area contributed by atoms with E-state index in [1.54, 1.807) is 0 Å². The first-order chi connectivity index (χ1) is 13.5. The van der Waals surface area contributed by atoms with Gasteiger partial charge in [0.1, 0.15) is 5.76 Å². The highest BCUT2D eigenvalue weighted by Crippen LogP contribution is 2.43. The maximum atomic E-state index is 13.6. The number of halogens is 1. The molecule has 28 heavy (non-hydrogen) atoms. The molecule has 0 atom stereocenters. The Labute approximate surface area is 175 Å². The van der Waals surface area contributed by atoms with Crippen LogP contribution in [0.15, 0.2) is 33.3 Å². The van der Waals surface area contributed by atoms with Crippen LogP contribution in [0.1, 0.15) is 48.3 Å². The van der Waals surface area contributed by atoms with Crippen LogP contribution in [0.5, 0.6) is 0 Å². The predicted octanol–water partition coefficient (Wildman–Crippen LogP) is 4.21. The summed E-state index contributed by atoms with van der Waals surface area (Å²) in [6.45, 7) is 8.19. The Bertz CT molecular complexity index is 812. The Kier molecular flexibility index (Phi) is 5.61. The molecular formula is C22H28BrN3O2. The van der Waals surface area contributed by atoms with E-state index in [2.05, 4.69) is 55.2 Å². The van der Waals surface area contributed by atoms with Gasteiger partial charge in [-0.25, -0.2) is 0 Å². The summed E-state index contributed by atoms with van der Waals surface area (Å²) < 4.78 is 6.35. The van der Waals surface area contributed by atoms with Crippen molar-refractivity contribution in [3.8, 4) is 0 Å². The molecule has 0 spiro atoms. The number of amides is 1. The van der Waals surface area contributed by atoms with E-state index in [-0.39, 0.29) is 5.41 Å². The lowest BCUT2D eigenvalue weighted by Gasteiger charge is -2.40. The number of nitrogens with zero attached hydrogens (tertiary/aromatic N) is 3. The number of hydrogen-bond donors (Lipinski definition) is 0. The molecule has 5 nitrogen and oxygen atoms in total. The minimum atomic E-state index is -0.329. The van der Waals surface area contributed by atoms with Gasteiger partial charge in [-0.3, -0.25) is 9.69 Å². The first-order valence-corrected chi connectivity index (χ1v) is 11.0. The molecule has 1 saturated heterocycles. The zero-order valence-electron chi connectivity index (χ0n) is 16.7. The van der Waals surface area contributed by atoms with Crippen LogP contribution in [0, 0.1) is 13.8 Å². The Balaban J connectivity index is 1.44. The van der Waals surface area contributed by atoms with Crippen LogP contribution >= 0.6 is 15.9 Å². The van der Waals surface area contributed by atoms with Crippen molar-refractivity contribution >= 4 is 21.8 Å². The fourth-order valence-electron chi connectivity index (χ4n) is 4.74. The number of aryl methyl sites for hydroxylation is 2.